The summed E-state index contributed by atoms with van der Waals surface area (Å²) in [5.74, 6) is -4.87. The van der Waals surface area contributed by atoms with Crippen molar-refractivity contribution in [1.82, 2.24) is 29.6 Å². The molecule has 0 bridgehead atoms. The summed E-state index contributed by atoms with van der Waals surface area (Å²) in [5, 5.41) is 18.1. The highest BCUT2D eigenvalue weighted by Crippen LogP contribution is 2.48. The molecule has 4 amide bonds. The molecule has 3 fully saturated rings. The number of rotatable bonds is 10. The molecule has 16 nitrogen and oxygen atoms in total. The summed E-state index contributed by atoms with van der Waals surface area (Å²) in [6, 6.07) is 2.97. The summed E-state index contributed by atoms with van der Waals surface area (Å²) in [4.78, 5) is 71.0. The second kappa shape index (κ2) is 16.3. The summed E-state index contributed by atoms with van der Waals surface area (Å²) in [5.41, 5.74) is -5.26. The van der Waals surface area contributed by atoms with Gasteiger partial charge in [-0.25, -0.2) is 17.9 Å². The lowest BCUT2D eigenvalue weighted by atomic mass is 9.85. The van der Waals surface area contributed by atoms with Crippen LogP contribution < -0.4 is 20.3 Å². The van der Waals surface area contributed by atoms with Gasteiger partial charge in [-0.15, -0.1) is 5.10 Å². The standard InChI is InChI=1S/C40H53F3N6O10S/c1-23-11-7-8-12-25-21-39(25,35(53)46-60(56,57)38(5)15-16-38)44-31(50)29-20-26(59-32-27-13-9-10-14-28(27)33(51)48(45-32)17-18-58-6)22-47(29)34(52)30(24(2)19-23)49(36(54)55)37(3,4)40(41,42)43/h8-10,12-14,23-26,29-30H,7,11,15-22H2,1-6H3,(H,44,50)(H,46,53)(H,54,55)/t23-,24+,25+,26+,29-,30-,39+/m0/s1. The molecule has 6 rings (SSSR count). The minimum Gasteiger partial charge on any atom is -0.471 e. The second-order valence-electron chi connectivity index (χ2n) is 17.5. The van der Waals surface area contributed by atoms with E-state index in [2.05, 4.69) is 15.1 Å². The first-order chi connectivity index (χ1) is 28.0. The second-order valence-corrected chi connectivity index (χ2v) is 19.7. The summed E-state index contributed by atoms with van der Waals surface area (Å²) in [6.07, 6.45) is -3.24. The van der Waals surface area contributed by atoms with E-state index in [-0.39, 0.29) is 54.5 Å². The third-order valence-electron chi connectivity index (χ3n) is 12.6. The van der Waals surface area contributed by atoms with Crippen LogP contribution in [-0.4, -0.2) is 117 Å². The van der Waals surface area contributed by atoms with Gasteiger partial charge in [0, 0.05) is 19.4 Å². The van der Waals surface area contributed by atoms with E-state index in [0.717, 1.165) is 9.58 Å². The number of fused-ring (bicyclic) bond motifs is 3. The fourth-order valence-electron chi connectivity index (χ4n) is 8.36. The van der Waals surface area contributed by atoms with Crippen LogP contribution in [0.2, 0.25) is 0 Å². The van der Waals surface area contributed by atoms with Crippen molar-refractivity contribution in [3.8, 4) is 5.88 Å². The van der Waals surface area contributed by atoms with E-state index in [1.807, 2.05) is 6.92 Å². The summed E-state index contributed by atoms with van der Waals surface area (Å²) in [6.45, 7) is 5.92. The molecule has 1 aromatic carbocycles. The Labute approximate surface area is 345 Å². The number of alkyl halides is 3. The molecule has 3 heterocycles. The van der Waals surface area contributed by atoms with Crippen molar-refractivity contribution in [3.63, 3.8) is 0 Å². The number of ether oxygens (including phenoxy) is 2. The normalized spacial score (nSPS) is 28.4. The number of aromatic nitrogens is 2. The number of allylic oxidation sites excluding steroid dienone is 1. The molecule has 7 atom stereocenters. The smallest absolute Gasteiger partial charge is 0.411 e. The molecule has 2 aliphatic carbocycles. The van der Waals surface area contributed by atoms with Gasteiger partial charge in [0.1, 0.15) is 29.3 Å². The van der Waals surface area contributed by atoms with Gasteiger partial charge in [0.25, 0.3) is 11.5 Å². The molecule has 2 aliphatic heterocycles. The molecule has 3 N–H and O–H groups in total. The fraction of sp³-hybridized carbons (Fsp3) is 0.650. The maximum atomic E-state index is 15.1. The minimum atomic E-state index is -5.12. The molecule has 1 aromatic heterocycles. The lowest BCUT2D eigenvalue weighted by molar-refractivity contribution is -0.222. The largest absolute Gasteiger partial charge is 0.471 e. The van der Waals surface area contributed by atoms with Crippen LogP contribution in [0.5, 0.6) is 5.88 Å². The molecular weight excluding hydrogens is 814 g/mol. The van der Waals surface area contributed by atoms with Crippen LogP contribution in [0.1, 0.15) is 79.6 Å². The number of hydrogen-bond acceptors (Lipinski definition) is 10. The first-order valence-corrected chi connectivity index (χ1v) is 21.6. The summed E-state index contributed by atoms with van der Waals surface area (Å²) in [7, 11) is -2.70. The number of halogens is 3. The number of benzene rings is 1. The van der Waals surface area contributed by atoms with E-state index in [4.69, 9.17) is 9.47 Å². The highest BCUT2D eigenvalue weighted by atomic mass is 32.2. The van der Waals surface area contributed by atoms with E-state index >= 15 is 4.79 Å². The molecule has 0 unspecified atom stereocenters. The SMILES string of the molecule is COCCn1nc(O[C@@H]2C[C@H]3C(=O)N[C@]4(C(=O)NS(=O)(=O)C5(C)CC5)C[C@H]4C=CCC[C@H](C)C[C@@H](C)[C@H](N(C(=O)O)C(C)(C)C(F)(F)F)C(=O)N3C2)c2ccccc2c1=O. The number of hydrogen-bond donors (Lipinski definition) is 3. The van der Waals surface area contributed by atoms with Crippen LogP contribution in [0.4, 0.5) is 18.0 Å². The van der Waals surface area contributed by atoms with Crippen molar-refractivity contribution in [2.75, 3.05) is 20.3 Å². The van der Waals surface area contributed by atoms with E-state index in [1.165, 1.54) is 21.0 Å². The van der Waals surface area contributed by atoms with Crippen molar-refractivity contribution in [3.05, 3.63) is 46.8 Å². The zero-order chi connectivity index (χ0) is 44.2. The lowest BCUT2D eigenvalue weighted by Crippen LogP contribution is -2.66. The van der Waals surface area contributed by atoms with Gasteiger partial charge < -0.3 is 24.8 Å². The van der Waals surface area contributed by atoms with Gasteiger partial charge in [0.15, 0.2) is 0 Å². The predicted octanol–water partition coefficient (Wildman–Crippen LogP) is 3.97. The molecule has 4 aliphatic rings. The quantitative estimate of drug-likeness (QED) is 0.292. The fourth-order valence-corrected chi connectivity index (χ4v) is 9.67. The molecule has 20 heteroatoms. The molecule has 2 aromatic rings. The van der Waals surface area contributed by atoms with Gasteiger partial charge in [0.05, 0.1) is 35.2 Å². The Bertz CT molecular complexity index is 2230. The van der Waals surface area contributed by atoms with Crippen LogP contribution in [0.3, 0.4) is 0 Å². The van der Waals surface area contributed by atoms with Gasteiger partial charge in [-0.3, -0.25) is 28.8 Å². The number of nitrogens with zero attached hydrogens (tertiary/aromatic N) is 4. The Hall–Kier alpha value is -4.72. The Morgan fingerprint density at radius 1 is 1.10 bits per heavy atom. The van der Waals surface area contributed by atoms with Crippen molar-refractivity contribution < 1.29 is 55.3 Å². The summed E-state index contributed by atoms with van der Waals surface area (Å²) < 4.78 is 84.3. The molecular formula is C40H53F3N6O10S. The van der Waals surface area contributed by atoms with Crippen molar-refractivity contribution in [2.24, 2.45) is 17.8 Å². The maximum Gasteiger partial charge on any atom is 0.411 e. The number of carbonyl (C=O) groups excluding carboxylic acids is 3. The van der Waals surface area contributed by atoms with Gasteiger partial charge >= 0.3 is 12.3 Å². The summed E-state index contributed by atoms with van der Waals surface area (Å²) >= 11 is 0. The van der Waals surface area contributed by atoms with Crippen LogP contribution >= 0.6 is 0 Å². The number of carbonyl (C=O) groups is 4. The Kier molecular flexibility index (Phi) is 12.2. The van der Waals surface area contributed by atoms with Crippen LogP contribution in [0.25, 0.3) is 10.8 Å². The Balaban J connectivity index is 1.44. The van der Waals surface area contributed by atoms with E-state index in [9.17, 15) is 45.9 Å². The lowest BCUT2D eigenvalue weighted by Gasteiger charge is -2.45. The third-order valence-corrected chi connectivity index (χ3v) is 14.8. The first kappa shape index (κ1) is 44.8. The van der Waals surface area contributed by atoms with Crippen molar-refractivity contribution >= 4 is 44.6 Å². The minimum absolute atomic E-state index is 0.0224. The van der Waals surface area contributed by atoms with Gasteiger partial charge in [-0.05, 0) is 83.3 Å². The average molecular weight is 867 g/mol. The van der Waals surface area contributed by atoms with Crippen LogP contribution in [0.15, 0.2) is 41.2 Å². The highest BCUT2D eigenvalue weighted by molar-refractivity contribution is 7.91. The first-order valence-electron chi connectivity index (χ1n) is 20.1. The molecule has 1 saturated heterocycles. The van der Waals surface area contributed by atoms with Gasteiger partial charge in [-0.2, -0.15) is 13.2 Å². The van der Waals surface area contributed by atoms with Gasteiger partial charge in [0.2, 0.25) is 27.7 Å². The number of amides is 4. The zero-order valence-electron chi connectivity index (χ0n) is 34.5. The molecule has 2 saturated carbocycles. The Morgan fingerprint density at radius 2 is 1.77 bits per heavy atom. The van der Waals surface area contributed by atoms with E-state index < -0.39 is 98.0 Å². The molecule has 330 valence electrons. The number of methoxy groups -OCH3 is 1. The predicted molar refractivity (Wildman–Crippen MR) is 211 cm³/mol. The van der Waals surface area contributed by atoms with Crippen molar-refractivity contribution in [2.45, 2.75) is 126 Å². The zero-order valence-corrected chi connectivity index (χ0v) is 35.3. The number of sulfonamides is 1. The molecule has 0 spiro atoms. The van der Waals surface area contributed by atoms with Crippen LogP contribution in [0, 0.1) is 17.8 Å². The van der Waals surface area contributed by atoms with Crippen molar-refractivity contribution in [1.29, 1.82) is 0 Å². The number of nitrogens with one attached hydrogen (secondary N) is 2. The average Bonchev–Trinajstić information content (AvgIpc) is 4.05. The maximum absolute atomic E-state index is 15.1. The van der Waals surface area contributed by atoms with Crippen LogP contribution in [-0.2, 0) is 35.7 Å². The van der Waals surface area contributed by atoms with E-state index in [1.54, 1.807) is 36.4 Å². The monoisotopic (exact) mass is 866 g/mol. The third kappa shape index (κ3) is 8.45. The highest BCUT2D eigenvalue weighted by Gasteiger charge is 2.64. The topological polar surface area (TPSA) is 207 Å². The molecule has 60 heavy (non-hydrogen) atoms. The molecule has 0 radical (unpaired) electrons. The number of carboxylic acid groups (broad SMARTS) is 1. The Morgan fingerprint density at radius 3 is 2.38 bits per heavy atom. The van der Waals surface area contributed by atoms with Gasteiger partial charge in [-0.1, -0.05) is 38.1 Å². The van der Waals surface area contributed by atoms with E-state index in [0.29, 0.717) is 44.9 Å².